The number of hydrogen-bond donors (Lipinski definition) is 2. The van der Waals surface area contributed by atoms with Gasteiger partial charge >= 0.3 is 0 Å². The van der Waals surface area contributed by atoms with Crippen LogP contribution in [0.25, 0.3) is 0 Å². The maximum atomic E-state index is 12.2. The first-order chi connectivity index (χ1) is 9.26. The van der Waals surface area contributed by atoms with E-state index in [0.717, 1.165) is 12.0 Å². The largest absolute Gasteiger partial charge is 0.313 e. The summed E-state index contributed by atoms with van der Waals surface area (Å²) < 4.78 is 27.1. The average Bonchev–Trinajstić information content (AvgIpc) is 3.03. The van der Waals surface area contributed by atoms with Crippen LogP contribution in [0.1, 0.15) is 38.8 Å². The minimum atomic E-state index is -3.39. The third kappa shape index (κ3) is 3.40. The molecule has 2 atom stereocenters. The van der Waals surface area contributed by atoms with Crippen LogP contribution in [0.4, 0.5) is 0 Å². The molecule has 0 aliphatic heterocycles. The maximum Gasteiger partial charge on any atom is 0.240 e. The van der Waals surface area contributed by atoms with E-state index in [0.29, 0.717) is 17.4 Å². The fourth-order valence-corrected chi connectivity index (χ4v) is 3.40. The van der Waals surface area contributed by atoms with Crippen LogP contribution in [-0.2, 0) is 10.0 Å². The smallest absolute Gasteiger partial charge is 0.240 e. The van der Waals surface area contributed by atoms with Gasteiger partial charge in [-0.05, 0) is 49.4 Å². The molecular weight excluding hydrogens is 272 g/mol. The summed E-state index contributed by atoms with van der Waals surface area (Å²) in [6.07, 6.45) is 1.09. The highest BCUT2D eigenvalue weighted by atomic mass is 32.2. The molecule has 0 amide bonds. The lowest BCUT2D eigenvalue weighted by atomic mass is 10.1. The molecule has 112 valence electrons. The van der Waals surface area contributed by atoms with Crippen molar-refractivity contribution < 1.29 is 8.42 Å². The van der Waals surface area contributed by atoms with Gasteiger partial charge in [0.25, 0.3) is 0 Å². The van der Waals surface area contributed by atoms with Crippen molar-refractivity contribution in [3.05, 3.63) is 29.8 Å². The second kappa shape index (κ2) is 5.47. The molecule has 1 fully saturated rings. The highest BCUT2D eigenvalue weighted by Crippen LogP contribution is 2.51. The van der Waals surface area contributed by atoms with Crippen molar-refractivity contribution in [1.29, 1.82) is 0 Å². The summed E-state index contributed by atoms with van der Waals surface area (Å²) in [5.74, 6) is 0.459. The third-order valence-corrected chi connectivity index (χ3v) is 5.80. The quantitative estimate of drug-likeness (QED) is 0.847. The zero-order valence-electron chi connectivity index (χ0n) is 12.6. The first kappa shape index (κ1) is 15.5. The molecule has 0 spiro atoms. The highest BCUT2D eigenvalue weighted by Gasteiger charge is 2.45. The van der Waals surface area contributed by atoms with Crippen molar-refractivity contribution >= 4 is 10.0 Å². The molecule has 4 nitrogen and oxygen atoms in total. The van der Waals surface area contributed by atoms with Gasteiger partial charge in [0.1, 0.15) is 0 Å². The molecule has 0 aromatic heterocycles. The van der Waals surface area contributed by atoms with Gasteiger partial charge in [-0.25, -0.2) is 13.1 Å². The number of benzene rings is 1. The molecule has 0 bridgehead atoms. The van der Waals surface area contributed by atoms with E-state index < -0.39 is 10.0 Å². The summed E-state index contributed by atoms with van der Waals surface area (Å²) in [5, 5.41) is 3.13. The number of nitrogens with one attached hydrogen (secondary N) is 2. The minimum absolute atomic E-state index is 0.215. The van der Waals surface area contributed by atoms with E-state index in [1.165, 1.54) is 0 Å². The van der Waals surface area contributed by atoms with E-state index in [2.05, 4.69) is 23.9 Å². The van der Waals surface area contributed by atoms with Crippen LogP contribution in [0.5, 0.6) is 0 Å². The molecule has 0 saturated heterocycles. The summed E-state index contributed by atoms with van der Waals surface area (Å²) in [5.41, 5.74) is 1.36. The van der Waals surface area contributed by atoms with Gasteiger partial charge in [-0.1, -0.05) is 26.0 Å². The van der Waals surface area contributed by atoms with E-state index in [-0.39, 0.29) is 11.5 Å². The summed E-state index contributed by atoms with van der Waals surface area (Å²) in [4.78, 5) is 0.336. The van der Waals surface area contributed by atoms with E-state index in [1.807, 2.05) is 26.1 Å². The van der Waals surface area contributed by atoms with Crippen molar-refractivity contribution in [1.82, 2.24) is 10.0 Å². The van der Waals surface area contributed by atoms with Crippen molar-refractivity contribution in [2.75, 3.05) is 13.6 Å². The Morgan fingerprint density at radius 1 is 1.30 bits per heavy atom. The topological polar surface area (TPSA) is 58.2 Å². The Hall–Kier alpha value is -0.910. The lowest BCUT2D eigenvalue weighted by Gasteiger charge is -2.12. The van der Waals surface area contributed by atoms with Crippen LogP contribution < -0.4 is 10.0 Å². The molecule has 1 aliphatic carbocycles. The summed E-state index contributed by atoms with van der Waals surface area (Å²) >= 11 is 0. The van der Waals surface area contributed by atoms with Crippen molar-refractivity contribution in [3.63, 3.8) is 0 Å². The second-order valence-electron chi connectivity index (χ2n) is 6.32. The Morgan fingerprint density at radius 2 is 1.85 bits per heavy atom. The minimum Gasteiger partial charge on any atom is -0.313 e. The molecule has 1 aromatic rings. The molecule has 0 radical (unpaired) electrons. The zero-order chi connectivity index (χ0) is 15.0. The summed E-state index contributed by atoms with van der Waals surface area (Å²) in [6.45, 7) is 6.90. The molecule has 20 heavy (non-hydrogen) atoms. The average molecular weight is 296 g/mol. The molecule has 1 saturated carbocycles. The van der Waals surface area contributed by atoms with Crippen molar-refractivity contribution in [2.24, 2.45) is 11.3 Å². The SMILES string of the molecule is CNC(C)c1ccc(S(=O)(=O)NCC2CC2(C)C)cc1. The second-order valence-corrected chi connectivity index (χ2v) is 8.09. The fraction of sp³-hybridized carbons (Fsp3) is 0.600. The Balaban J connectivity index is 2.02. The Labute approximate surface area is 122 Å². The van der Waals surface area contributed by atoms with Crippen LogP contribution >= 0.6 is 0 Å². The zero-order valence-corrected chi connectivity index (χ0v) is 13.4. The molecule has 1 aromatic carbocycles. The fourth-order valence-electron chi connectivity index (χ4n) is 2.32. The molecule has 5 heteroatoms. The van der Waals surface area contributed by atoms with Crippen LogP contribution in [0, 0.1) is 11.3 Å². The molecular formula is C15H24N2O2S. The van der Waals surface area contributed by atoms with Gasteiger partial charge in [0.05, 0.1) is 4.90 Å². The van der Waals surface area contributed by atoms with E-state index in [1.54, 1.807) is 12.1 Å². The van der Waals surface area contributed by atoms with Gasteiger partial charge in [-0.2, -0.15) is 0 Å². The predicted molar refractivity (Wildman–Crippen MR) is 81.0 cm³/mol. The van der Waals surface area contributed by atoms with Gasteiger partial charge in [-0.3, -0.25) is 0 Å². The van der Waals surface area contributed by atoms with Crippen molar-refractivity contribution in [3.8, 4) is 0 Å². The molecule has 2 rings (SSSR count). The van der Waals surface area contributed by atoms with Crippen LogP contribution in [0.3, 0.4) is 0 Å². The third-order valence-electron chi connectivity index (χ3n) is 4.36. The monoisotopic (exact) mass is 296 g/mol. The molecule has 2 unspecified atom stereocenters. The van der Waals surface area contributed by atoms with Gasteiger partial charge in [0.2, 0.25) is 10.0 Å². The van der Waals surface area contributed by atoms with Gasteiger partial charge in [-0.15, -0.1) is 0 Å². The summed E-state index contributed by atoms with van der Waals surface area (Å²) in [7, 11) is -1.50. The lowest BCUT2D eigenvalue weighted by molar-refractivity contribution is 0.537. The first-order valence-electron chi connectivity index (χ1n) is 7.03. The summed E-state index contributed by atoms with van der Waals surface area (Å²) in [6, 6.07) is 7.27. The number of rotatable bonds is 6. The first-order valence-corrected chi connectivity index (χ1v) is 8.51. The van der Waals surface area contributed by atoms with Crippen LogP contribution in [-0.4, -0.2) is 22.0 Å². The van der Waals surface area contributed by atoms with Crippen LogP contribution in [0.15, 0.2) is 29.2 Å². The normalized spacial score (nSPS) is 22.5. The van der Waals surface area contributed by atoms with E-state index in [9.17, 15) is 8.42 Å². The van der Waals surface area contributed by atoms with E-state index in [4.69, 9.17) is 0 Å². The predicted octanol–water partition coefficient (Wildman–Crippen LogP) is 2.29. The van der Waals surface area contributed by atoms with Gasteiger partial charge in [0, 0.05) is 12.6 Å². The molecule has 1 aliphatic rings. The number of sulfonamides is 1. The van der Waals surface area contributed by atoms with Crippen LogP contribution in [0.2, 0.25) is 0 Å². The number of hydrogen-bond acceptors (Lipinski definition) is 3. The van der Waals surface area contributed by atoms with Gasteiger partial charge < -0.3 is 5.32 Å². The van der Waals surface area contributed by atoms with E-state index >= 15 is 0 Å². The molecule has 0 heterocycles. The Morgan fingerprint density at radius 3 is 2.30 bits per heavy atom. The molecule has 2 N–H and O–H groups in total. The van der Waals surface area contributed by atoms with Crippen molar-refractivity contribution in [2.45, 2.75) is 38.1 Å². The maximum absolute atomic E-state index is 12.2. The Bertz CT molecular complexity index is 564. The standard InChI is InChI=1S/C15H24N2O2S/c1-11(16-4)12-5-7-14(8-6-12)20(18,19)17-10-13-9-15(13,2)3/h5-8,11,13,16-17H,9-10H2,1-4H3. The van der Waals surface area contributed by atoms with Gasteiger partial charge in [0.15, 0.2) is 0 Å². The lowest BCUT2D eigenvalue weighted by Crippen LogP contribution is -2.26. The highest BCUT2D eigenvalue weighted by molar-refractivity contribution is 7.89. The Kier molecular flexibility index (Phi) is 4.23.